The van der Waals surface area contributed by atoms with Crippen molar-refractivity contribution in [3.63, 3.8) is 0 Å². The number of ether oxygens (including phenoxy) is 1. The molecule has 0 radical (unpaired) electrons. The van der Waals surface area contributed by atoms with Crippen LogP contribution in [0, 0.1) is 6.92 Å². The summed E-state index contributed by atoms with van der Waals surface area (Å²) in [5, 5.41) is 11.7. The Hall–Kier alpha value is -1.56. The second kappa shape index (κ2) is 4.03. The fraction of sp³-hybridized carbons (Fsp3) is 0.636. The number of rotatable bonds is 2. The molecule has 1 aliphatic heterocycles. The van der Waals surface area contributed by atoms with E-state index in [1.54, 1.807) is 6.33 Å². The molecule has 3 rings (SSSR count). The molecule has 0 bridgehead atoms. The SMILES string of the molecule is CC[C@@H]1CC[C@H](n2cnc3c(C)nnnc32)O1. The Morgan fingerprint density at radius 1 is 1.41 bits per heavy atom. The van der Waals surface area contributed by atoms with E-state index in [1.165, 1.54) is 0 Å². The van der Waals surface area contributed by atoms with Gasteiger partial charge in [-0.05, 0) is 31.4 Å². The first-order valence-electron chi connectivity index (χ1n) is 5.97. The van der Waals surface area contributed by atoms with Crippen molar-refractivity contribution in [1.29, 1.82) is 0 Å². The Balaban J connectivity index is 1.99. The van der Waals surface area contributed by atoms with Gasteiger partial charge in [0.25, 0.3) is 0 Å². The molecule has 0 aliphatic carbocycles. The molecule has 0 N–H and O–H groups in total. The van der Waals surface area contributed by atoms with Gasteiger partial charge in [0, 0.05) is 0 Å². The monoisotopic (exact) mass is 233 g/mol. The first kappa shape index (κ1) is 10.6. The van der Waals surface area contributed by atoms with Crippen LogP contribution in [0.3, 0.4) is 0 Å². The van der Waals surface area contributed by atoms with E-state index in [4.69, 9.17) is 4.74 Å². The third-order valence-electron chi connectivity index (χ3n) is 3.30. The van der Waals surface area contributed by atoms with Gasteiger partial charge in [0.1, 0.15) is 11.7 Å². The zero-order chi connectivity index (χ0) is 11.8. The molecule has 0 spiro atoms. The Morgan fingerprint density at radius 2 is 2.29 bits per heavy atom. The number of hydrogen-bond donors (Lipinski definition) is 0. The summed E-state index contributed by atoms with van der Waals surface area (Å²) in [4.78, 5) is 4.33. The highest BCUT2D eigenvalue weighted by Crippen LogP contribution is 2.31. The Morgan fingerprint density at radius 3 is 3.06 bits per heavy atom. The lowest BCUT2D eigenvalue weighted by molar-refractivity contribution is 0.00282. The molecule has 6 heteroatoms. The summed E-state index contributed by atoms with van der Waals surface area (Å²) in [5.41, 5.74) is 2.38. The zero-order valence-electron chi connectivity index (χ0n) is 10.00. The summed E-state index contributed by atoms with van der Waals surface area (Å²) >= 11 is 0. The van der Waals surface area contributed by atoms with Gasteiger partial charge in [0.2, 0.25) is 0 Å². The van der Waals surface area contributed by atoms with Crippen molar-refractivity contribution < 1.29 is 4.74 Å². The molecule has 6 nitrogen and oxygen atoms in total. The third kappa shape index (κ3) is 1.68. The number of aromatic nitrogens is 5. The quantitative estimate of drug-likeness (QED) is 0.788. The van der Waals surface area contributed by atoms with Crippen LogP contribution in [-0.2, 0) is 4.74 Å². The third-order valence-corrected chi connectivity index (χ3v) is 3.30. The fourth-order valence-corrected chi connectivity index (χ4v) is 2.29. The molecule has 2 aromatic heterocycles. The van der Waals surface area contributed by atoms with Gasteiger partial charge in [-0.2, -0.15) is 0 Å². The fourth-order valence-electron chi connectivity index (χ4n) is 2.29. The van der Waals surface area contributed by atoms with Crippen LogP contribution in [0.4, 0.5) is 0 Å². The lowest BCUT2D eigenvalue weighted by Gasteiger charge is -2.13. The van der Waals surface area contributed by atoms with Crippen molar-refractivity contribution in [2.45, 2.75) is 45.4 Å². The van der Waals surface area contributed by atoms with E-state index in [9.17, 15) is 0 Å². The maximum atomic E-state index is 5.94. The Kier molecular flexibility index (Phi) is 2.51. The van der Waals surface area contributed by atoms with E-state index < -0.39 is 0 Å². The van der Waals surface area contributed by atoms with Crippen molar-refractivity contribution >= 4 is 11.2 Å². The standard InChI is InChI=1S/C11H15N5O/c1-3-8-4-5-9(17-8)16-6-12-10-7(2)13-15-14-11(10)16/h6,8-9H,3-5H2,1-2H3/t8-,9-/m1/s1. The van der Waals surface area contributed by atoms with Crippen molar-refractivity contribution in [3.05, 3.63) is 12.0 Å². The van der Waals surface area contributed by atoms with Crippen molar-refractivity contribution in [2.75, 3.05) is 0 Å². The van der Waals surface area contributed by atoms with Crippen LogP contribution in [0.15, 0.2) is 6.33 Å². The summed E-state index contributed by atoms with van der Waals surface area (Å²) in [5.74, 6) is 0. The van der Waals surface area contributed by atoms with E-state index in [1.807, 2.05) is 11.5 Å². The van der Waals surface area contributed by atoms with Crippen molar-refractivity contribution in [2.24, 2.45) is 0 Å². The summed E-state index contributed by atoms with van der Waals surface area (Å²) in [7, 11) is 0. The van der Waals surface area contributed by atoms with Gasteiger partial charge >= 0.3 is 0 Å². The van der Waals surface area contributed by atoms with Gasteiger partial charge in [-0.15, -0.1) is 10.2 Å². The average molecular weight is 233 g/mol. The first-order valence-corrected chi connectivity index (χ1v) is 5.97. The Labute approximate surface area is 99.0 Å². The molecule has 2 atom stereocenters. The number of imidazole rings is 1. The highest BCUT2D eigenvalue weighted by atomic mass is 16.5. The van der Waals surface area contributed by atoms with Gasteiger partial charge in [-0.3, -0.25) is 4.57 Å². The second-order valence-electron chi connectivity index (χ2n) is 4.40. The van der Waals surface area contributed by atoms with Crippen molar-refractivity contribution in [1.82, 2.24) is 25.0 Å². The van der Waals surface area contributed by atoms with Crippen LogP contribution in [0.2, 0.25) is 0 Å². The maximum absolute atomic E-state index is 5.94. The van der Waals surface area contributed by atoms with Crippen LogP contribution in [-0.4, -0.2) is 31.1 Å². The zero-order valence-corrected chi connectivity index (χ0v) is 10.00. The molecular formula is C11H15N5O. The molecule has 0 amide bonds. The van der Waals surface area contributed by atoms with E-state index in [2.05, 4.69) is 27.3 Å². The molecule has 0 unspecified atom stereocenters. The summed E-state index contributed by atoms with van der Waals surface area (Å²) in [6, 6.07) is 0. The van der Waals surface area contributed by atoms with Gasteiger partial charge in [-0.25, -0.2) is 4.98 Å². The van der Waals surface area contributed by atoms with Crippen LogP contribution in [0.5, 0.6) is 0 Å². The van der Waals surface area contributed by atoms with Crippen LogP contribution in [0.25, 0.3) is 11.2 Å². The van der Waals surface area contributed by atoms with Gasteiger partial charge in [-0.1, -0.05) is 6.92 Å². The largest absolute Gasteiger partial charge is 0.355 e. The van der Waals surface area contributed by atoms with Gasteiger partial charge < -0.3 is 4.74 Å². The maximum Gasteiger partial charge on any atom is 0.188 e. The van der Waals surface area contributed by atoms with E-state index in [0.29, 0.717) is 6.10 Å². The van der Waals surface area contributed by atoms with E-state index in [0.717, 1.165) is 36.1 Å². The molecular weight excluding hydrogens is 218 g/mol. The summed E-state index contributed by atoms with van der Waals surface area (Å²) in [6.45, 7) is 4.03. The number of hydrogen-bond acceptors (Lipinski definition) is 5. The molecule has 17 heavy (non-hydrogen) atoms. The van der Waals surface area contributed by atoms with Crippen LogP contribution in [0.1, 0.15) is 38.1 Å². The smallest absolute Gasteiger partial charge is 0.188 e. The van der Waals surface area contributed by atoms with Gasteiger partial charge in [0.05, 0.1) is 18.1 Å². The lowest BCUT2D eigenvalue weighted by Crippen LogP contribution is -2.10. The minimum Gasteiger partial charge on any atom is -0.355 e. The van der Waals surface area contributed by atoms with E-state index >= 15 is 0 Å². The minimum atomic E-state index is 0.0426. The number of fused-ring (bicyclic) bond motifs is 1. The van der Waals surface area contributed by atoms with Crippen molar-refractivity contribution in [3.8, 4) is 0 Å². The molecule has 1 aliphatic rings. The van der Waals surface area contributed by atoms with Gasteiger partial charge in [0.15, 0.2) is 5.65 Å². The molecule has 3 heterocycles. The molecule has 2 aromatic rings. The highest BCUT2D eigenvalue weighted by Gasteiger charge is 2.27. The van der Waals surface area contributed by atoms with Crippen LogP contribution >= 0.6 is 0 Å². The topological polar surface area (TPSA) is 65.7 Å². The lowest BCUT2D eigenvalue weighted by atomic mass is 10.2. The Bertz CT molecular complexity index is 538. The summed E-state index contributed by atoms with van der Waals surface area (Å²) in [6.07, 6.45) is 5.33. The average Bonchev–Trinajstić information content (AvgIpc) is 2.94. The minimum absolute atomic E-state index is 0.0426. The molecule has 0 aromatic carbocycles. The molecule has 1 fully saturated rings. The predicted octanol–water partition coefficient (Wildman–Crippen LogP) is 1.62. The number of aryl methyl sites for hydroxylation is 1. The normalized spacial score (nSPS) is 24.6. The molecule has 0 saturated carbocycles. The highest BCUT2D eigenvalue weighted by molar-refractivity contribution is 5.72. The summed E-state index contributed by atoms with van der Waals surface area (Å²) < 4.78 is 7.90. The predicted molar refractivity (Wildman–Crippen MR) is 61.3 cm³/mol. The number of nitrogens with zero attached hydrogens (tertiary/aromatic N) is 5. The molecule has 90 valence electrons. The second-order valence-corrected chi connectivity index (χ2v) is 4.40. The van der Waals surface area contributed by atoms with Crippen LogP contribution < -0.4 is 0 Å². The van der Waals surface area contributed by atoms with E-state index in [-0.39, 0.29) is 6.23 Å². The first-order chi connectivity index (χ1) is 8.29. The molecule has 1 saturated heterocycles.